The number of halogens is 1. The van der Waals surface area contributed by atoms with Crippen LogP contribution in [0.15, 0.2) is 24.3 Å². The van der Waals surface area contributed by atoms with Crippen molar-refractivity contribution in [2.24, 2.45) is 0 Å². The number of benzene rings is 1. The Kier molecular flexibility index (Phi) is 7.77. The number of hydrogen-bond acceptors (Lipinski definition) is 4. The summed E-state index contributed by atoms with van der Waals surface area (Å²) in [6, 6.07) is 6.65. The summed E-state index contributed by atoms with van der Waals surface area (Å²) in [5.41, 5.74) is 0.638. The minimum absolute atomic E-state index is 0.206. The SMILES string of the molecule is CCC(=O)OCCOCCNCc1ccccc1F. The van der Waals surface area contributed by atoms with E-state index < -0.39 is 0 Å². The predicted octanol–water partition coefficient (Wildman–Crippen LogP) is 1.89. The van der Waals surface area contributed by atoms with Crippen LogP contribution in [0, 0.1) is 5.82 Å². The molecule has 0 aromatic heterocycles. The first-order valence-electron chi connectivity index (χ1n) is 6.41. The molecule has 4 nitrogen and oxygen atoms in total. The molecule has 0 aliphatic heterocycles. The van der Waals surface area contributed by atoms with Crippen LogP contribution in [0.4, 0.5) is 4.39 Å². The minimum atomic E-state index is -0.221. The Hall–Kier alpha value is -1.46. The molecule has 0 heterocycles. The van der Waals surface area contributed by atoms with E-state index in [0.717, 1.165) is 0 Å². The minimum Gasteiger partial charge on any atom is -0.463 e. The number of carbonyl (C=O) groups excluding carboxylic acids is 1. The largest absolute Gasteiger partial charge is 0.463 e. The first-order valence-corrected chi connectivity index (χ1v) is 6.41. The second-order valence-electron chi connectivity index (χ2n) is 3.95. The number of ether oxygens (including phenoxy) is 2. The van der Waals surface area contributed by atoms with Gasteiger partial charge < -0.3 is 14.8 Å². The van der Waals surface area contributed by atoms with Crippen LogP contribution in [-0.4, -0.2) is 32.3 Å². The number of nitrogens with one attached hydrogen (secondary N) is 1. The van der Waals surface area contributed by atoms with Gasteiger partial charge in [0.1, 0.15) is 12.4 Å². The molecule has 0 saturated heterocycles. The molecule has 0 aliphatic rings. The number of rotatable bonds is 9. The molecule has 0 amide bonds. The lowest BCUT2D eigenvalue weighted by Crippen LogP contribution is -2.21. The van der Waals surface area contributed by atoms with Gasteiger partial charge in [0.25, 0.3) is 0 Å². The van der Waals surface area contributed by atoms with Gasteiger partial charge in [-0.05, 0) is 6.07 Å². The lowest BCUT2D eigenvalue weighted by Gasteiger charge is -2.07. The van der Waals surface area contributed by atoms with E-state index in [0.29, 0.717) is 38.3 Å². The monoisotopic (exact) mass is 269 g/mol. The Morgan fingerprint density at radius 3 is 2.79 bits per heavy atom. The second kappa shape index (κ2) is 9.47. The normalized spacial score (nSPS) is 10.4. The van der Waals surface area contributed by atoms with Crippen LogP contribution in [-0.2, 0) is 20.8 Å². The Balaban J connectivity index is 1.97. The molecule has 0 fully saturated rings. The third-order valence-electron chi connectivity index (χ3n) is 2.48. The highest BCUT2D eigenvalue weighted by Crippen LogP contribution is 2.04. The van der Waals surface area contributed by atoms with Crippen LogP contribution in [0.5, 0.6) is 0 Å². The average molecular weight is 269 g/mol. The molecule has 0 spiro atoms. The van der Waals surface area contributed by atoms with Gasteiger partial charge in [0.2, 0.25) is 0 Å². The summed E-state index contributed by atoms with van der Waals surface area (Å²) < 4.78 is 23.4. The van der Waals surface area contributed by atoms with E-state index in [1.54, 1.807) is 25.1 Å². The van der Waals surface area contributed by atoms with Gasteiger partial charge in [-0.25, -0.2) is 4.39 Å². The second-order valence-corrected chi connectivity index (χ2v) is 3.95. The van der Waals surface area contributed by atoms with E-state index >= 15 is 0 Å². The Morgan fingerprint density at radius 2 is 2.05 bits per heavy atom. The maximum Gasteiger partial charge on any atom is 0.305 e. The standard InChI is InChI=1S/C14H20FNO3/c1-2-14(17)19-10-9-18-8-7-16-11-12-5-3-4-6-13(12)15/h3-6,16H,2,7-11H2,1H3. The third kappa shape index (κ3) is 6.88. The van der Waals surface area contributed by atoms with Gasteiger partial charge >= 0.3 is 5.97 Å². The summed E-state index contributed by atoms with van der Waals surface area (Å²) in [4.78, 5) is 10.8. The summed E-state index contributed by atoms with van der Waals surface area (Å²) in [5.74, 6) is -0.427. The topological polar surface area (TPSA) is 47.6 Å². The quantitative estimate of drug-likeness (QED) is 0.549. The van der Waals surface area contributed by atoms with Gasteiger partial charge in [-0.15, -0.1) is 0 Å². The fourth-order valence-electron chi connectivity index (χ4n) is 1.43. The van der Waals surface area contributed by atoms with E-state index in [4.69, 9.17) is 9.47 Å². The van der Waals surface area contributed by atoms with E-state index in [1.807, 2.05) is 0 Å². The molecule has 1 aromatic carbocycles. The molecule has 1 N–H and O–H groups in total. The van der Waals surface area contributed by atoms with E-state index in [9.17, 15) is 9.18 Å². The molecule has 5 heteroatoms. The predicted molar refractivity (Wildman–Crippen MR) is 70.2 cm³/mol. The van der Waals surface area contributed by atoms with Crippen molar-refractivity contribution in [1.82, 2.24) is 5.32 Å². The molecule has 106 valence electrons. The van der Waals surface area contributed by atoms with Crippen LogP contribution in [0.2, 0.25) is 0 Å². The van der Waals surface area contributed by atoms with Crippen molar-refractivity contribution in [3.05, 3.63) is 35.6 Å². The zero-order chi connectivity index (χ0) is 13.9. The summed E-state index contributed by atoms with van der Waals surface area (Å²) in [7, 11) is 0. The fourth-order valence-corrected chi connectivity index (χ4v) is 1.43. The summed E-state index contributed by atoms with van der Waals surface area (Å²) >= 11 is 0. The molecule has 1 aromatic rings. The molecular weight excluding hydrogens is 249 g/mol. The molecule has 0 radical (unpaired) electrons. The van der Waals surface area contributed by atoms with Crippen molar-refractivity contribution < 1.29 is 18.7 Å². The van der Waals surface area contributed by atoms with Gasteiger partial charge in [-0.3, -0.25) is 4.79 Å². The van der Waals surface area contributed by atoms with Crippen molar-refractivity contribution in [2.75, 3.05) is 26.4 Å². The maximum absolute atomic E-state index is 13.3. The van der Waals surface area contributed by atoms with Crippen LogP contribution >= 0.6 is 0 Å². The molecule has 0 bridgehead atoms. The highest BCUT2D eigenvalue weighted by Gasteiger charge is 1.99. The molecule has 1 rings (SSSR count). The van der Waals surface area contributed by atoms with Gasteiger partial charge in [0, 0.05) is 25.1 Å². The third-order valence-corrected chi connectivity index (χ3v) is 2.48. The highest BCUT2D eigenvalue weighted by molar-refractivity contribution is 5.68. The molecular formula is C14H20FNO3. The average Bonchev–Trinajstić information content (AvgIpc) is 2.43. The summed E-state index contributed by atoms with van der Waals surface area (Å²) in [5, 5.41) is 3.08. The first kappa shape index (κ1) is 15.6. The highest BCUT2D eigenvalue weighted by atomic mass is 19.1. The molecule has 0 atom stereocenters. The molecule has 19 heavy (non-hydrogen) atoms. The van der Waals surface area contributed by atoms with Crippen LogP contribution < -0.4 is 5.32 Å². The van der Waals surface area contributed by atoms with Crippen molar-refractivity contribution >= 4 is 5.97 Å². The molecule has 0 saturated carbocycles. The maximum atomic E-state index is 13.3. The van der Waals surface area contributed by atoms with Crippen LogP contribution in [0.25, 0.3) is 0 Å². The number of esters is 1. The zero-order valence-corrected chi connectivity index (χ0v) is 11.2. The smallest absolute Gasteiger partial charge is 0.305 e. The Bertz CT molecular complexity index is 385. The van der Waals surface area contributed by atoms with Crippen LogP contribution in [0.3, 0.4) is 0 Å². The fraction of sp³-hybridized carbons (Fsp3) is 0.500. The Morgan fingerprint density at radius 1 is 1.26 bits per heavy atom. The Labute approximate surface area is 112 Å². The van der Waals surface area contributed by atoms with E-state index in [1.165, 1.54) is 6.07 Å². The van der Waals surface area contributed by atoms with E-state index in [2.05, 4.69) is 5.32 Å². The van der Waals surface area contributed by atoms with Crippen molar-refractivity contribution in [1.29, 1.82) is 0 Å². The number of hydrogen-bond donors (Lipinski definition) is 1. The first-order chi connectivity index (χ1) is 9.24. The number of carbonyl (C=O) groups is 1. The lowest BCUT2D eigenvalue weighted by atomic mass is 10.2. The van der Waals surface area contributed by atoms with Gasteiger partial charge in [-0.1, -0.05) is 25.1 Å². The summed E-state index contributed by atoms with van der Waals surface area (Å²) in [6.07, 6.45) is 0.379. The molecule has 0 unspecified atom stereocenters. The van der Waals surface area contributed by atoms with Crippen LogP contribution in [0.1, 0.15) is 18.9 Å². The van der Waals surface area contributed by atoms with Crippen molar-refractivity contribution in [3.63, 3.8) is 0 Å². The zero-order valence-electron chi connectivity index (χ0n) is 11.2. The van der Waals surface area contributed by atoms with Gasteiger partial charge in [0.15, 0.2) is 0 Å². The van der Waals surface area contributed by atoms with Crippen molar-refractivity contribution in [2.45, 2.75) is 19.9 Å². The summed E-state index contributed by atoms with van der Waals surface area (Å²) in [6.45, 7) is 4.00. The van der Waals surface area contributed by atoms with Gasteiger partial charge in [-0.2, -0.15) is 0 Å². The van der Waals surface area contributed by atoms with Gasteiger partial charge in [0.05, 0.1) is 13.2 Å². The lowest BCUT2D eigenvalue weighted by molar-refractivity contribution is -0.144. The van der Waals surface area contributed by atoms with Crippen molar-refractivity contribution in [3.8, 4) is 0 Å². The molecule has 0 aliphatic carbocycles. The van der Waals surface area contributed by atoms with E-state index in [-0.39, 0.29) is 18.4 Å².